The molecule has 1 rings (SSSR count). The fourth-order valence-corrected chi connectivity index (χ4v) is 3.53. The number of carboxylic acids is 1. The van der Waals surface area contributed by atoms with Crippen LogP contribution in [0.15, 0.2) is 21.6 Å². The van der Waals surface area contributed by atoms with Gasteiger partial charge in [-0.25, -0.2) is 13.2 Å². The summed E-state index contributed by atoms with van der Waals surface area (Å²) in [5.74, 6) is -1.85. The third-order valence-corrected chi connectivity index (χ3v) is 4.97. The summed E-state index contributed by atoms with van der Waals surface area (Å²) in [4.78, 5) is 23.1. The molecular formula is C14H21N3O6S. The first-order valence-corrected chi connectivity index (χ1v) is 8.68. The predicted molar refractivity (Wildman–Crippen MR) is 84.8 cm³/mol. The maximum absolute atomic E-state index is 12.3. The molecule has 2 atom stereocenters. The number of carbonyl (C=O) groups is 2. The number of sulfonamides is 1. The molecule has 0 spiro atoms. The Hall–Kier alpha value is -2.20. The maximum atomic E-state index is 12.3. The Kier molecular flexibility index (Phi) is 6.67. The van der Waals surface area contributed by atoms with Crippen molar-refractivity contribution in [2.45, 2.75) is 51.1 Å². The van der Waals surface area contributed by atoms with Gasteiger partial charge in [0.25, 0.3) is 0 Å². The summed E-state index contributed by atoms with van der Waals surface area (Å²) in [6.07, 6.45) is 3.35. The minimum atomic E-state index is -4.02. The lowest BCUT2D eigenvalue weighted by Crippen LogP contribution is -2.50. The van der Waals surface area contributed by atoms with Crippen molar-refractivity contribution in [1.29, 1.82) is 0 Å². The molecule has 0 bridgehead atoms. The average molecular weight is 359 g/mol. The van der Waals surface area contributed by atoms with E-state index in [-0.39, 0.29) is 22.8 Å². The molecule has 1 amide bonds. The highest BCUT2D eigenvalue weighted by Crippen LogP contribution is 2.18. The number of nitrogens with zero attached hydrogens (tertiary/aromatic N) is 1. The molecule has 0 radical (unpaired) electrons. The average Bonchev–Trinajstić information content (AvgIpc) is 2.82. The van der Waals surface area contributed by atoms with Crippen molar-refractivity contribution in [3.05, 3.63) is 23.6 Å². The van der Waals surface area contributed by atoms with E-state index in [0.29, 0.717) is 0 Å². The smallest absolute Gasteiger partial charge is 0.326 e. The van der Waals surface area contributed by atoms with Crippen LogP contribution in [0.3, 0.4) is 0 Å². The van der Waals surface area contributed by atoms with Crippen molar-refractivity contribution in [2.75, 3.05) is 0 Å². The van der Waals surface area contributed by atoms with Gasteiger partial charge < -0.3 is 14.9 Å². The number of aryl methyl sites for hydroxylation is 2. The molecule has 0 aromatic carbocycles. The van der Waals surface area contributed by atoms with Crippen LogP contribution < -0.4 is 10.0 Å². The van der Waals surface area contributed by atoms with E-state index in [4.69, 9.17) is 9.63 Å². The van der Waals surface area contributed by atoms with Gasteiger partial charge in [-0.1, -0.05) is 17.3 Å². The monoisotopic (exact) mass is 359 g/mol. The van der Waals surface area contributed by atoms with Crippen molar-refractivity contribution in [3.8, 4) is 0 Å². The van der Waals surface area contributed by atoms with Gasteiger partial charge in [0.15, 0.2) is 5.76 Å². The number of allylic oxidation sites excluding steroid dienone is 1. The topological polar surface area (TPSA) is 139 Å². The Labute approximate surface area is 140 Å². The maximum Gasteiger partial charge on any atom is 0.326 e. The number of carboxylic acid groups (broad SMARTS) is 1. The second-order valence-electron chi connectivity index (χ2n) is 5.20. The molecule has 24 heavy (non-hydrogen) atoms. The van der Waals surface area contributed by atoms with Gasteiger partial charge in [-0.15, -0.1) is 0 Å². The lowest BCUT2D eigenvalue weighted by Gasteiger charge is -2.17. The molecule has 1 aromatic rings. The zero-order valence-electron chi connectivity index (χ0n) is 13.9. The van der Waals surface area contributed by atoms with Crippen molar-refractivity contribution in [2.24, 2.45) is 0 Å². The van der Waals surface area contributed by atoms with E-state index in [1.807, 2.05) is 0 Å². The van der Waals surface area contributed by atoms with Gasteiger partial charge in [-0.05, 0) is 34.1 Å². The third kappa shape index (κ3) is 4.90. The SMILES string of the molecule is C/C=C/CC(NC(=O)C(C)NS(=O)(=O)c1c(C)noc1C)C(=O)O. The molecule has 0 aliphatic carbocycles. The first-order chi connectivity index (χ1) is 11.1. The first-order valence-electron chi connectivity index (χ1n) is 7.19. The molecule has 1 aromatic heterocycles. The summed E-state index contributed by atoms with van der Waals surface area (Å²) < 4.78 is 31.6. The van der Waals surface area contributed by atoms with Gasteiger partial charge in [0, 0.05) is 0 Å². The molecule has 0 saturated carbocycles. The molecule has 1 heterocycles. The number of rotatable bonds is 8. The summed E-state index contributed by atoms with van der Waals surface area (Å²) in [6, 6.07) is -2.31. The molecule has 9 nitrogen and oxygen atoms in total. The standard InChI is InChI=1S/C14H21N3O6S/c1-5-6-7-11(14(19)20)15-13(18)9(3)17-24(21,22)12-8(2)16-23-10(12)4/h5-6,9,11,17H,7H2,1-4H3,(H,15,18)(H,19,20)/b6-5+. The molecule has 0 saturated heterocycles. The van der Waals surface area contributed by atoms with Gasteiger partial charge in [0.2, 0.25) is 15.9 Å². The van der Waals surface area contributed by atoms with Crippen molar-refractivity contribution >= 4 is 21.9 Å². The lowest BCUT2D eigenvalue weighted by molar-refractivity contribution is -0.141. The van der Waals surface area contributed by atoms with Gasteiger partial charge in [-0.2, -0.15) is 4.72 Å². The van der Waals surface area contributed by atoms with Crippen LogP contribution >= 0.6 is 0 Å². The van der Waals surface area contributed by atoms with Crippen LogP contribution in [0.4, 0.5) is 0 Å². The normalized spacial score (nSPS) is 14.5. The van der Waals surface area contributed by atoms with E-state index >= 15 is 0 Å². The van der Waals surface area contributed by atoms with E-state index in [1.54, 1.807) is 19.1 Å². The van der Waals surface area contributed by atoms with Crippen molar-refractivity contribution in [3.63, 3.8) is 0 Å². The van der Waals surface area contributed by atoms with E-state index in [1.165, 1.54) is 20.8 Å². The number of carbonyl (C=O) groups excluding carboxylic acids is 1. The van der Waals surface area contributed by atoms with Gasteiger partial charge in [-0.3, -0.25) is 4.79 Å². The Balaban J connectivity index is 2.84. The second kappa shape index (κ2) is 8.06. The number of amides is 1. The Morgan fingerprint density at radius 1 is 1.38 bits per heavy atom. The van der Waals surface area contributed by atoms with Gasteiger partial charge in [0.1, 0.15) is 16.6 Å². The van der Waals surface area contributed by atoms with E-state index in [9.17, 15) is 18.0 Å². The fraction of sp³-hybridized carbons (Fsp3) is 0.500. The number of hydrogen-bond acceptors (Lipinski definition) is 6. The molecule has 2 unspecified atom stereocenters. The van der Waals surface area contributed by atoms with Crippen LogP contribution in [0.25, 0.3) is 0 Å². The lowest BCUT2D eigenvalue weighted by atomic mass is 10.2. The highest BCUT2D eigenvalue weighted by atomic mass is 32.2. The van der Waals surface area contributed by atoms with Crippen molar-refractivity contribution < 1.29 is 27.6 Å². The summed E-state index contributed by atoms with van der Waals surface area (Å²) in [7, 11) is -4.02. The minimum Gasteiger partial charge on any atom is -0.480 e. The van der Waals surface area contributed by atoms with Crippen LogP contribution in [0.5, 0.6) is 0 Å². The first kappa shape index (κ1) is 19.8. The number of hydrogen-bond donors (Lipinski definition) is 3. The predicted octanol–water partition coefficient (Wildman–Crippen LogP) is 0.494. The van der Waals surface area contributed by atoms with Crippen LogP contribution in [-0.4, -0.2) is 42.6 Å². The Bertz CT molecular complexity index is 718. The Morgan fingerprint density at radius 3 is 2.46 bits per heavy atom. The summed E-state index contributed by atoms with van der Waals surface area (Å²) in [6.45, 7) is 5.95. The second-order valence-corrected chi connectivity index (χ2v) is 6.85. The summed E-state index contributed by atoms with van der Waals surface area (Å²) in [5, 5.41) is 14.9. The third-order valence-electron chi connectivity index (χ3n) is 3.18. The minimum absolute atomic E-state index is 0.0981. The quantitative estimate of drug-likeness (QED) is 0.574. The molecule has 10 heteroatoms. The van der Waals surface area contributed by atoms with E-state index in [0.717, 1.165) is 0 Å². The molecule has 0 aliphatic heterocycles. The molecular weight excluding hydrogens is 338 g/mol. The number of aliphatic carboxylic acids is 1. The van der Waals surface area contributed by atoms with Crippen molar-refractivity contribution in [1.82, 2.24) is 15.2 Å². The van der Waals surface area contributed by atoms with Crippen LogP contribution in [0, 0.1) is 13.8 Å². The highest BCUT2D eigenvalue weighted by molar-refractivity contribution is 7.89. The summed E-state index contributed by atoms with van der Waals surface area (Å²) in [5.41, 5.74) is 0.170. The Morgan fingerprint density at radius 2 is 2.00 bits per heavy atom. The molecule has 0 aliphatic rings. The van der Waals surface area contributed by atoms with Crippen LogP contribution in [0.2, 0.25) is 0 Å². The number of aromatic nitrogens is 1. The molecule has 0 fully saturated rings. The fourth-order valence-electron chi connectivity index (χ4n) is 1.99. The van der Waals surface area contributed by atoms with Gasteiger partial charge >= 0.3 is 5.97 Å². The number of nitrogens with one attached hydrogen (secondary N) is 2. The van der Waals surface area contributed by atoms with Crippen LogP contribution in [-0.2, 0) is 19.6 Å². The zero-order valence-corrected chi connectivity index (χ0v) is 14.7. The molecule has 3 N–H and O–H groups in total. The summed E-state index contributed by atoms with van der Waals surface area (Å²) >= 11 is 0. The van der Waals surface area contributed by atoms with E-state index in [2.05, 4.69) is 15.2 Å². The molecule has 134 valence electrons. The van der Waals surface area contributed by atoms with Crippen LogP contribution in [0.1, 0.15) is 31.7 Å². The zero-order chi connectivity index (χ0) is 18.5. The van der Waals surface area contributed by atoms with E-state index < -0.39 is 34.0 Å². The highest BCUT2D eigenvalue weighted by Gasteiger charge is 2.29. The van der Waals surface area contributed by atoms with Gasteiger partial charge in [0.05, 0.1) is 6.04 Å². The largest absolute Gasteiger partial charge is 0.480 e.